The lowest BCUT2D eigenvalue weighted by Gasteiger charge is -2.09. The Bertz CT molecular complexity index is 586. The average molecular weight is 246 g/mol. The van der Waals surface area contributed by atoms with Crippen LogP contribution >= 0.6 is 0 Å². The Kier molecular flexibility index (Phi) is 3.34. The highest BCUT2D eigenvalue weighted by molar-refractivity contribution is 5.94. The fraction of sp³-hybridized carbons (Fsp3) is 0.385. The van der Waals surface area contributed by atoms with Crippen LogP contribution in [0.4, 0.5) is 5.95 Å². The molecule has 0 spiro atoms. The van der Waals surface area contributed by atoms with E-state index in [9.17, 15) is 4.79 Å². The number of hydrogen-bond donors (Lipinski definition) is 2. The van der Waals surface area contributed by atoms with Crippen LogP contribution in [0.15, 0.2) is 18.2 Å². The molecular weight excluding hydrogens is 228 g/mol. The maximum Gasteiger partial charge on any atom is 0.243 e. The van der Waals surface area contributed by atoms with Crippen molar-refractivity contribution in [1.29, 1.82) is 0 Å². The number of nitrogens with two attached hydrogens (primary N) is 1. The smallest absolute Gasteiger partial charge is 0.243 e. The van der Waals surface area contributed by atoms with Crippen molar-refractivity contribution in [2.45, 2.75) is 33.4 Å². The first-order valence-corrected chi connectivity index (χ1v) is 6.06. The molecule has 3 N–H and O–H groups in total. The van der Waals surface area contributed by atoms with Gasteiger partial charge in [0, 0.05) is 6.54 Å². The van der Waals surface area contributed by atoms with Gasteiger partial charge in [-0.05, 0) is 38.5 Å². The molecule has 5 nitrogen and oxygen atoms in total. The third-order valence-electron chi connectivity index (χ3n) is 2.87. The van der Waals surface area contributed by atoms with E-state index in [-0.39, 0.29) is 5.91 Å². The van der Waals surface area contributed by atoms with Gasteiger partial charge in [-0.3, -0.25) is 10.1 Å². The number of benzene rings is 1. The summed E-state index contributed by atoms with van der Waals surface area (Å²) in [6, 6.07) is 5.51. The summed E-state index contributed by atoms with van der Waals surface area (Å²) in [5, 5.41) is 2.76. The molecule has 0 bridgehead atoms. The number of fused-ring (bicyclic) bond motifs is 1. The van der Waals surface area contributed by atoms with Crippen LogP contribution in [0.5, 0.6) is 0 Å². The number of carbonyl (C=O) groups excluding carboxylic acids is 1. The van der Waals surface area contributed by atoms with Gasteiger partial charge in [-0.25, -0.2) is 4.98 Å². The minimum atomic E-state index is -0.545. The summed E-state index contributed by atoms with van der Waals surface area (Å²) in [6.07, 6.45) is 0. The number of rotatable bonds is 3. The molecule has 0 aliphatic carbocycles. The molecule has 0 fully saturated rings. The first-order chi connectivity index (χ1) is 8.52. The second-order valence-electron chi connectivity index (χ2n) is 4.45. The lowest BCUT2D eigenvalue weighted by molar-refractivity contribution is -0.117. The zero-order valence-corrected chi connectivity index (χ0v) is 10.9. The molecule has 0 aliphatic heterocycles. The van der Waals surface area contributed by atoms with Crippen molar-refractivity contribution in [3.63, 3.8) is 0 Å². The zero-order chi connectivity index (χ0) is 13.3. The predicted octanol–water partition coefficient (Wildman–Crippen LogP) is 1.65. The van der Waals surface area contributed by atoms with Gasteiger partial charge in [0.1, 0.15) is 0 Å². The monoisotopic (exact) mass is 246 g/mol. The number of nitrogens with zero attached hydrogens (tertiary/aromatic N) is 2. The van der Waals surface area contributed by atoms with E-state index >= 15 is 0 Å². The van der Waals surface area contributed by atoms with Crippen molar-refractivity contribution < 1.29 is 4.79 Å². The average Bonchev–Trinajstić information content (AvgIpc) is 2.64. The van der Waals surface area contributed by atoms with Gasteiger partial charge in [-0.1, -0.05) is 6.07 Å². The minimum absolute atomic E-state index is 0.225. The topological polar surface area (TPSA) is 72.9 Å². The highest BCUT2D eigenvalue weighted by atomic mass is 16.2. The van der Waals surface area contributed by atoms with E-state index in [2.05, 4.69) is 10.3 Å². The van der Waals surface area contributed by atoms with E-state index in [0.29, 0.717) is 5.95 Å². The summed E-state index contributed by atoms with van der Waals surface area (Å²) in [5.41, 5.74) is 8.59. The molecule has 0 saturated carbocycles. The van der Waals surface area contributed by atoms with E-state index in [1.165, 1.54) is 0 Å². The van der Waals surface area contributed by atoms with Gasteiger partial charge >= 0.3 is 0 Å². The van der Waals surface area contributed by atoms with Crippen LogP contribution in [0.3, 0.4) is 0 Å². The maximum absolute atomic E-state index is 11.6. The summed E-state index contributed by atoms with van der Waals surface area (Å²) >= 11 is 0. The van der Waals surface area contributed by atoms with Gasteiger partial charge in [-0.2, -0.15) is 0 Å². The zero-order valence-electron chi connectivity index (χ0n) is 10.9. The molecule has 1 amide bonds. The molecule has 1 atom stereocenters. The number of hydrogen-bond acceptors (Lipinski definition) is 3. The van der Waals surface area contributed by atoms with Gasteiger partial charge in [0.2, 0.25) is 11.9 Å². The summed E-state index contributed by atoms with van der Waals surface area (Å²) in [4.78, 5) is 16.1. The molecule has 1 aromatic heterocycles. The van der Waals surface area contributed by atoms with Crippen molar-refractivity contribution >= 4 is 22.9 Å². The summed E-state index contributed by atoms with van der Waals surface area (Å²) in [7, 11) is 0. The van der Waals surface area contributed by atoms with Crippen LogP contribution in [-0.2, 0) is 11.3 Å². The third kappa shape index (κ3) is 2.22. The van der Waals surface area contributed by atoms with E-state index in [4.69, 9.17) is 5.73 Å². The molecule has 1 aromatic carbocycles. The number of aryl methyl sites for hydroxylation is 2. The van der Waals surface area contributed by atoms with Crippen molar-refractivity contribution in [3.8, 4) is 0 Å². The van der Waals surface area contributed by atoms with Crippen LogP contribution in [0, 0.1) is 6.92 Å². The van der Waals surface area contributed by atoms with Gasteiger partial charge in [0.05, 0.1) is 17.1 Å². The Morgan fingerprint density at radius 2 is 2.28 bits per heavy atom. The Balaban J connectivity index is 2.47. The van der Waals surface area contributed by atoms with Crippen LogP contribution in [0.25, 0.3) is 11.0 Å². The first kappa shape index (κ1) is 12.6. The first-order valence-electron chi connectivity index (χ1n) is 6.06. The minimum Gasteiger partial charge on any atom is -0.320 e. The van der Waals surface area contributed by atoms with Crippen molar-refractivity contribution in [1.82, 2.24) is 9.55 Å². The number of imidazole rings is 1. The van der Waals surface area contributed by atoms with Gasteiger partial charge in [0.25, 0.3) is 0 Å². The van der Waals surface area contributed by atoms with Crippen LogP contribution in [0.2, 0.25) is 0 Å². The number of nitrogens with one attached hydrogen (secondary N) is 1. The molecule has 5 heteroatoms. The standard InChI is InChI=1S/C13H18N4O/c1-4-17-11-6-5-8(2)7-10(11)15-13(17)16-12(18)9(3)14/h5-7,9H,4,14H2,1-3H3,(H,15,16,18). The van der Waals surface area contributed by atoms with Crippen molar-refractivity contribution in [3.05, 3.63) is 23.8 Å². The Labute approximate surface area is 106 Å². The Hall–Kier alpha value is -1.88. The molecule has 0 radical (unpaired) electrons. The van der Waals surface area contributed by atoms with Crippen molar-refractivity contribution in [2.24, 2.45) is 5.73 Å². The lowest BCUT2D eigenvalue weighted by atomic mass is 10.2. The summed E-state index contributed by atoms with van der Waals surface area (Å²) in [5.74, 6) is 0.331. The molecule has 1 heterocycles. The second-order valence-corrected chi connectivity index (χ2v) is 4.45. The fourth-order valence-electron chi connectivity index (χ4n) is 1.88. The Morgan fingerprint density at radius 1 is 1.56 bits per heavy atom. The van der Waals surface area contributed by atoms with E-state index in [1.807, 2.05) is 36.6 Å². The number of aromatic nitrogens is 2. The molecule has 2 aromatic rings. The molecule has 18 heavy (non-hydrogen) atoms. The second kappa shape index (κ2) is 4.78. The number of anilines is 1. The van der Waals surface area contributed by atoms with Crippen LogP contribution in [0.1, 0.15) is 19.4 Å². The highest BCUT2D eigenvalue weighted by Gasteiger charge is 2.14. The van der Waals surface area contributed by atoms with E-state index in [1.54, 1.807) is 6.92 Å². The lowest BCUT2D eigenvalue weighted by Crippen LogP contribution is -2.33. The van der Waals surface area contributed by atoms with E-state index in [0.717, 1.165) is 23.1 Å². The maximum atomic E-state index is 11.6. The Morgan fingerprint density at radius 3 is 2.89 bits per heavy atom. The predicted molar refractivity (Wildman–Crippen MR) is 72.4 cm³/mol. The van der Waals surface area contributed by atoms with Gasteiger partial charge in [0.15, 0.2) is 0 Å². The molecular formula is C13H18N4O. The highest BCUT2D eigenvalue weighted by Crippen LogP contribution is 2.20. The molecule has 0 saturated heterocycles. The fourth-order valence-corrected chi connectivity index (χ4v) is 1.88. The normalized spacial score (nSPS) is 12.7. The van der Waals surface area contributed by atoms with Gasteiger partial charge in [-0.15, -0.1) is 0 Å². The van der Waals surface area contributed by atoms with Crippen LogP contribution < -0.4 is 11.1 Å². The van der Waals surface area contributed by atoms with Crippen LogP contribution in [-0.4, -0.2) is 21.5 Å². The molecule has 96 valence electrons. The van der Waals surface area contributed by atoms with E-state index < -0.39 is 6.04 Å². The SMILES string of the molecule is CCn1c(NC(=O)C(C)N)nc2cc(C)ccc21. The summed E-state index contributed by atoms with van der Waals surface area (Å²) < 4.78 is 1.97. The van der Waals surface area contributed by atoms with Crippen molar-refractivity contribution in [2.75, 3.05) is 5.32 Å². The molecule has 1 unspecified atom stereocenters. The summed E-state index contributed by atoms with van der Waals surface area (Å²) in [6.45, 7) is 6.43. The molecule has 0 aliphatic rings. The largest absolute Gasteiger partial charge is 0.320 e. The molecule has 2 rings (SSSR count). The quantitative estimate of drug-likeness (QED) is 0.864. The van der Waals surface area contributed by atoms with Gasteiger partial charge < -0.3 is 10.3 Å². The number of carbonyl (C=O) groups is 1. The number of amides is 1. The third-order valence-corrected chi connectivity index (χ3v) is 2.87.